The third-order valence-corrected chi connectivity index (χ3v) is 5.60. The zero-order valence-corrected chi connectivity index (χ0v) is 18.0. The zero-order valence-electron chi connectivity index (χ0n) is 15.6. The molecule has 0 unspecified atom stereocenters. The van der Waals surface area contributed by atoms with Crippen LogP contribution in [0.5, 0.6) is 0 Å². The second-order valence-corrected chi connectivity index (χ2v) is 8.15. The molecule has 0 radical (unpaired) electrons. The Morgan fingerprint density at radius 3 is 2.73 bits per heavy atom. The van der Waals surface area contributed by atoms with Crippen molar-refractivity contribution < 1.29 is 9.18 Å². The molecule has 4 aromatic rings. The number of anilines is 1. The van der Waals surface area contributed by atoms with Crippen molar-refractivity contribution in [3.8, 4) is 5.69 Å². The number of nitrogens with zero attached hydrogens (tertiary/aromatic N) is 5. The van der Waals surface area contributed by atoms with Crippen molar-refractivity contribution >= 4 is 39.3 Å². The van der Waals surface area contributed by atoms with Gasteiger partial charge in [0.1, 0.15) is 16.5 Å². The Kier molecular flexibility index (Phi) is 5.86. The van der Waals surface area contributed by atoms with Gasteiger partial charge in [0.05, 0.1) is 5.56 Å². The molecule has 0 aliphatic carbocycles. The summed E-state index contributed by atoms with van der Waals surface area (Å²) in [6.45, 7) is 1.66. The molecule has 0 saturated heterocycles. The number of nitrogens with one attached hydrogen (secondary N) is 1. The zero-order chi connectivity index (χ0) is 21.1. The van der Waals surface area contributed by atoms with Gasteiger partial charge < -0.3 is 5.32 Å². The standard InChI is InChI=1S/C20H14BrFN6OS/c1-12-25-26-27-28(12)17-10-14(7-8-16(17)22)24-20(29)15-4-2-3-5-18(15)30-19-9-6-13(21)11-23-19/h2-11H,1H3,(H,24,29). The van der Waals surface area contributed by atoms with E-state index in [1.54, 1.807) is 25.3 Å². The van der Waals surface area contributed by atoms with Crippen LogP contribution in [0.15, 0.2) is 75.2 Å². The fourth-order valence-corrected chi connectivity index (χ4v) is 3.80. The molecule has 2 aromatic heterocycles. The van der Waals surface area contributed by atoms with Crippen molar-refractivity contribution in [1.29, 1.82) is 0 Å². The van der Waals surface area contributed by atoms with Gasteiger partial charge in [0, 0.05) is 21.3 Å². The Hall–Kier alpha value is -3.11. The van der Waals surface area contributed by atoms with Gasteiger partial charge >= 0.3 is 0 Å². The lowest BCUT2D eigenvalue weighted by molar-refractivity contribution is 0.102. The molecule has 0 aliphatic rings. The summed E-state index contributed by atoms with van der Waals surface area (Å²) in [6, 6.07) is 15.2. The normalized spacial score (nSPS) is 10.8. The number of hydrogen-bond acceptors (Lipinski definition) is 6. The molecule has 7 nitrogen and oxygen atoms in total. The highest BCUT2D eigenvalue weighted by molar-refractivity contribution is 9.10. The second-order valence-electron chi connectivity index (χ2n) is 6.17. The number of carbonyl (C=O) groups excluding carboxylic acids is 1. The molecule has 2 aromatic carbocycles. The van der Waals surface area contributed by atoms with E-state index in [4.69, 9.17) is 0 Å². The maximum atomic E-state index is 14.3. The molecule has 1 N–H and O–H groups in total. The van der Waals surface area contributed by atoms with Crippen molar-refractivity contribution in [2.45, 2.75) is 16.8 Å². The average molecular weight is 485 g/mol. The van der Waals surface area contributed by atoms with Crippen LogP contribution in [-0.2, 0) is 0 Å². The van der Waals surface area contributed by atoms with E-state index in [1.807, 2.05) is 24.3 Å². The summed E-state index contributed by atoms with van der Waals surface area (Å²) in [5.41, 5.74) is 1.06. The van der Waals surface area contributed by atoms with Gasteiger partial charge in [-0.25, -0.2) is 9.37 Å². The van der Waals surface area contributed by atoms with Crippen molar-refractivity contribution in [3.63, 3.8) is 0 Å². The predicted molar refractivity (Wildman–Crippen MR) is 114 cm³/mol. The van der Waals surface area contributed by atoms with E-state index in [1.165, 1.54) is 34.6 Å². The first kappa shape index (κ1) is 20.2. The van der Waals surface area contributed by atoms with Gasteiger partial charge in [-0.2, -0.15) is 4.68 Å². The van der Waals surface area contributed by atoms with Crippen LogP contribution < -0.4 is 5.32 Å². The molecule has 0 atom stereocenters. The topological polar surface area (TPSA) is 85.6 Å². The lowest BCUT2D eigenvalue weighted by Gasteiger charge is -2.11. The van der Waals surface area contributed by atoms with Crippen LogP contribution >= 0.6 is 27.7 Å². The number of aryl methyl sites for hydroxylation is 1. The summed E-state index contributed by atoms with van der Waals surface area (Å²) in [5, 5.41) is 14.7. The Morgan fingerprint density at radius 2 is 2.00 bits per heavy atom. The first-order valence-electron chi connectivity index (χ1n) is 8.76. The van der Waals surface area contributed by atoms with Gasteiger partial charge in [0.25, 0.3) is 5.91 Å². The fraction of sp³-hybridized carbons (Fsp3) is 0.0500. The Balaban J connectivity index is 1.59. The molecule has 0 fully saturated rings. The molecular weight excluding hydrogens is 471 g/mol. The summed E-state index contributed by atoms with van der Waals surface area (Å²) in [5.74, 6) is -0.386. The quantitative estimate of drug-likeness (QED) is 0.442. The molecule has 0 aliphatic heterocycles. The smallest absolute Gasteiger partial charge is 0.256 e. The van der Waals surface area contributed by atoms with Crippen molar-refractivity contribution in [2.24, 2.45) is 0 Å². The number of aromatic nitrogens is 5. The number of pyridine rings is 1. The van der Waals surface area contributed by atoms with Gasteiger partial charge in [-0.15, -0.1) is 5.10 Å². The molecule has 30 heavy (non-hydrogen) atoms. The molecule has 4 rings (SSSR count). The van der Waals surface area contributed by atoms with E-state index in [2.05, 4.69) is 41.8 Å². The lowest BCUT2D eigenvalue weighted by Crippen LogP contribution is -2.14. The van der Waals surface area contributed by atoms with Gasteiger partial charge in [-0.05, 0) is 75.7 Å². The first-order valence-corrected chi connectivity index (χ1v) is 10.4. The average Bonchev–Trinajstić information content (AvgIpc) is 3.17. The van der Waals surface area contributed by atoms with E-state index >= 15 is 0 Å². The van der Waals surface area contributed by atoms with E-state index in [0.717, 1.165) is 14.4 Å². The highest BCUT2D eigenvalue weighted by atomic mass is 79.9. The second kappa shape index (κ2) is 8.72. The maximum Gasteiger partial charge on any atom is 0.256 e. The van der Waals surface area contributed by atoms with E-state index in [0.29, 0.717) is 17.1 Å². The van der Waals surface area contributed by atoms with Crippen molar-refractivity contribution in [2.75, 3.05) is 5.32 Å². The van der Waals surface area contributed by atoms with Crippen LogP contribution in [0.4, 0.5) is 10.1 Å². The van der Waals surface area contributed by atoms with E-state index in [-0.39, 0.29) is 11.6 Å². The van der Waals surface area contributed by atoms with Crippen LogP contribution in [0, 0.1) is 12.7 Å². The van der Waals surface area contributed by atoms with Crippen molar-refractivity contribution in [3.05, 3.63) is 82.5 Å². The van der Waals surface area contributed by atoms with Crippen LogP contribution in [0.1, 0.15) is 16.2 Å². The number of halogens is 2. The summed E-state index contributed by atoms with van der Waals surface area (Å²) >= 11 is 4.74. The highest BCUT2D eigenvalue weighted by Crippen LogP contribution is 2.30. The summed E-state index contributed by atoms with van der Waals surface area (Å²) in [4.78, 5) is 18.0. The summed E-state index contributed by atoms with van der Waals surface area (Å²) in [6.07, 6.45) is 1.70. The largest absolute Gasteiger partial charge is 0.322 e. The van der Waals surface area contributed by atoms with Crippen LogP contribution in [0.2, 0.25) is 0 Å². The summed E-state index contributed by atoms with van der Waals surface area (Å²) in [7, 11) is 0. The fourth-order valence-electron chi connectivity index (χ4n) is 2.68. The first-order chi connectivity index (χ1) is 14.5. The molecule has 10 heteroatoms. The Morgan fingerprint density at radius 1 is 1.17 bits per heavy atom. The van der Waals surface area contributed by atoms with Gasteiger partial charge in [-0.1, -0.05) is 23.9 Å². The number of tetrazole rings is 1. The monoisotopic (exact) mass is 484 g/mol. The molecule has 0 saturated carbocycles. The molecule has 0 bridgehead atoms. The molecule has 1 amide bonds. The van der Waals surface area contributed by atoms with Gasteiger partial charge in [-0.3, -0.25) is 4.79 Å². The maximum absolute atomic E-state index is 14.3. The SMILES string of the molecule is Cc1nnnn1-c1cc(NC(=O)c2ccccc2Sc2ccc(Br)cn2)ccc1F. The number of rotatable bonds is 5. The number of carbonyl (C=O) groups is 1. The lowest BCUT2D eigenvalue weighted by atomic mass is 10.2. The molecule has 2 heterocycles. The third-order valence-electron chi connectivity index (χ3n) is 4.10. The van der Waals surface area contributed by atoms with Crippen molar-refractivity contribution in [1.82, 2.24) is 25.2 Å². The number of amides is 1. The number of hydrogen-bond donors (Lipinski definition) is 1. The van der Waals surface area contributed by atoms with Gasteiger partial charge in [0.2, 0.25) is 0 Å². The van der Waals surface area contributed by atoms with Crippen LogP contribution in [0.3, 0.4) is 0 Å². The number of benzene rings is 2. The summed E-state index contributed by atoms with van der Waals surface area (Å²) < 4.78 is 16.4. The third kappa shape index (κ3) is 4.39. The van der Waals surface area contributed by atoms with Crippen LogP contribution in [-0.4, -0.2) is 31.1 Å². The molecular formula is C20H14BrFN6OS. The Bertz CT molecular complexity index is 1210. The van der Waals surface area contributed by atoms with E-state index < -0.39 is 5.82 Å². The predicted octanol–water partition coefficient (Wildman–Crippen LogP) is 4.67. The minimum atomic E-state index is -0.499. The highest BCUT2D eigenvalue weighted by Gasteiger charge is 2.15. The van der Waals surface area contributed by atoms with Crippen LogP contribution in [0.25, 0.3) is 5.69 Å². The minimum Gasteiger partial charge on any atom is -0.322 e. The molecule has 150 valence electrons. The minimum absolute atomic E-state index is 0.150. The molecule has 0 spiro atoms. The van der Waals surface area contributed by atoms with Gasteiger partial charge in [0.15, 0.2) is 5.82 Å². The Labute approximate surface area is 183 Å². The van der Waals surface area contributed by atoms with E-state index in [9.17, 15) is 9.18 Å².